The zero-order valence-corrected chi connectivity index (χ0v) is 37.8. The van der Waals surface area contributed by atoms with Crippen LogP contribution in [-0.2, 0) is 59.9 Å². The molecule has 0 aromatic heterocycles. The molecule has 1 rings (SSSR count). The molecule has 0 amide bonds. The quantitative estimate of drug-likeness (QED) is 0.0169. The zero-order chi connectivity index (χ0) is 46.1. The lowest BCUT2D eigenvalue weighted by atomic mass is 9.85. The van der Waals surface area contributed by atoms with Crippen molar-refractivity contribution in [3.05, 3.63) is 0 Å². The first kappa shape index (κ1) is 59.5. The molecular formula is C35H71NO22P4. The molecule has 1 aliphatic carbocycles. The van der Waals surface area contributed by atoms with E-state index in [4.69, 9.17) is 18.5 Å². The number of esters is 2. The van der Waals surface area contributed by atoms with E-state index < -0.39 is 99.2 Å². The number of hydrogen-bond donors (Lipinski definition) is 10. The van der Waals surface area contributed by atoms with Crippen LogP contribution in [0.4, 0.5) is 0 Å². The Hall–Kier alpha value is -2.50. The van der Waals surface area contributed by atoms with Crippen LogP contribution >= 0.6 is 31.3 Å². The first-order valence-electron chi connectivity index (χ1n) is 19.0. The molecular weight excluding hydrogens is 910 g/mol. The lowest BCUT2D eigenvalue weighted by Crippen LogP contribution is -2.65. The number of carbonyl (C=O) groups excluding carboxylic acids is 2. The van der Waals surface area contributed by atoms with Gasteiger partial charge in [-0.1, -0.05) is 89.9 Å². The predicted octanol–water partition coefficient (Wildman–Crippen LogP) is 4.51. The van der Waals surface area contributed by atoms with Gasteiger partial charge in [0.2, 0.25) is 0 Å². The number of unbranched alkanes of at least 4 members (excludes halogenated alkanes) is 12. The Morgan fingerprint density at radius 1 is 0.581 bits per heavy atom. The molecule has 0 aliphatic heterocycles. The molecule has 23 nitrogen and oxygen atoms in total. The molecule has 368 valence electrons. The zero-order valence-electron chi connectivity index (χ0n) is 34.2. The Morgan fingerprint density at radius 3 is 1.45 bits per heavy atom. The van der Waals surface area contributed by atoms with Gasteiger partial charge in [0.25, 0.3) is 0 Å². The number of hydrogen-bond acceptors (Lipinski definition) is 16. The first-order valence-corrected chi connectivity index (χ1v) is 25.1. The SMILES string of the molecule is CC#CC#CC#CC#CC(=O)OC[C@H](COP(=O)(O)OC1C(O)[C@@H](OP(=O)(O)O)C(OP(=O)(O)O)[C@@H](OP(=O)(O)O)[C@H]1O)OC(=O)CCCCCCCCCCCCCCC.N.[HH].[HH].[HH].[HH].[HH].[HH].[HH]. The number of phosphoric acid groups is 4. The van der Waals surface area contributed by atoms with E-state index in [0.29, 0.717) is 12.8 Å². The molecule has 0 aromatic carbocycles. The van der Waals surface area contributed by atoms with Gasteiger partial charge in [0, 0.05) is 22.3 Å². The number of aliphatic hydroxyl groups excluding tert-OH is 2. The Morgan fingerprint density at radius 2 is 1.00 bits per heavy atom. The molecule has 0 saturated heterocycles. The van der Waals surface area contributed by atoms with Gasteiger partial charge in [0.1, 0.15) is 43.2 Å². The number of phosphoric ester groups is 4. The lowest BCUT2D eigenvalue weighted by molar-refractivity contribution is -0.209. The van der Waals surface area contributed by atoms with Gasteiger partial charge >= 0.3 is 43.2 Å². The normalized spacial score (nSPS) is 21.3. The highest BCUT2D eigenvalue weighted by Crippen LogP contribution is 2.53. The summed E-state index contributed by atoms with van der Waals surface area (Å²) in [5.74, 6) is 16.4. The van der Waals surface area contributed by atoms with Crippen molar-refractivity contribution < 1.29 is 114 Å². The maximum atomic E-state index is 13.1. The summed E-state index contributed by atoms with van der Waals surface area (Å²) in [6.45, 7) is 1.79. The molecule has 1 saturated carbocycles. The van der Waals surface area contributed by atoms with Crippen molar-refractivity contribution in [1.29, 1.82) is 0 Å². The second-order valence-corrected chi connectivity index (χ2v) is 18.3. The smallest absolute Gasteiger partial charge is 0.456 e. The fraction of sp³-hybridized carbons (Fsp3) is 0.714. The fourth-order valence-corrected chi connectivity index (χ4v) is 8.25. The molecule has 1 fully saturated rings. The van der Waals surface area contributed by atoms with E-state index in [1.807, 2.05) is 5.92 Å². The van der Waals surface area contributed by atoms with Crippen LogP contribution in [0, 0.1) is 47.4 Å². The van der Waals surface area contributed by atoms with E-state index in [2.05, 4.69) is 61.9 Å². The summed E-state index contributed by atoms with van der Waals surface area (Å²) in [7, 11) is -23.1. The minimum absolute atomic E-state index is 0. The van der Waals surface area contributed by atoms with Crippen molar-refractivity contribution in [2.45, 2.75) is 146 Å². The van der Waals surface area contributed by atoms with Crippen LogP contribution in [0.25, 0.3) is 0 Å². The van der Waals surface area contributed by atoms with Crippen LogP contribution in [0.5, 0.6) is 0 Å². The van der Waals surface area contributed by atoms with E-state index in [1.54, 1.807) is 6.92 Å². The van der Waals surface area contributed by atoms with Gasteiger partial charge in [-0.15, -0.1) is 0 Å². The number of carbonyl (C=O) groups is 2. The average Bonchev–Trinajstić information content (AvgIpc) is 3.14. The maximum Gasteiger partial charge on any atom is 0.472 e. The first-order chi connectivity index (χ1) is 28.5. The molecule has 0 bridgehead atoms. The molecule has 0 heterocycles. The Bertz CT molecular complexity index is 1830. The molecule has 12 N–H and O–H groups in total. The largest absolute Gasteiger partial charge is 0.472 e. The molecule has 0 aromatic rings. The number of aliphatic hydroxyl groups is 2. The summed E-state index contributed by atoms with van der Waals surface area (Å²) in [5, 5.41) is 21.7. The van der Waals surface area contributed by atoms with Crippen LogP contribution in [0.15, 0.2) is 0 Å². The van der Waals surface area contributed by atoms with Crippen LogP contribution in [0.1, 0.15) is 114 Å². The Kier molecular flexibility index (Phi) is 29.4. The van der Waals surface area contributed by atoms with Crippen molar-refractivity contribution in [2.75, 3.05) is 13.2 Å². The number of rotatable bonds is 28. The summed E-state index contributed by atoms with van der Waals surface area (Å²) in [6.07, 6.45) is -4.79. The monoisotopic (exact) mass is 981 g/mol. The highest BCUT2D eigenvalue weighted by Gasteiger charge is 2.59. The van der Waals surface area contributed by atoms with Crippen molar-refractivity contribution in [3.63, 3.8) is 0 Å². The number of ether oxygens (including phenoxy) is 2. The van der Waals surface area contributed by atoms with Gasteiger partial charge in [-0.25, -0.2) is 23.1 Å². The second-order valence-electron chi connectivity index (χ2n) is 13.3. The summed E-state index contributed by atoms with van der Waals surface area (Å²) in [5.41, 5.74) is 0. The van der Waals surface area contributed by atoms with Gasteiger partial charge in [0.15, 0.2) is 6.10 Å². The highest BCUT2D eigenvalue weighted by molar-refractivity contribution is 7.47. The van der Waals surface area contributed by atoms with Gasteiger partial charge in [-0.3, -0.25) is 27.4 Å². The standard InChI is InChI=1S/C35H54O22P4.H3N.7H2/c1-3-5-7-9-11-12-13-14-15-16-18-20-22-24-29(37)53-27(25-51-28(36)23-21-19-17-10-8-6-4-2)26-52-61(49,50)57-32-30(38)33(54-58(40,41)42)35(56-60(46,47)48)34(31(32)39)55-59(43,44)45;;;;;;;;/h27,30-35,38-39H,3,5,7,9,11-16,18,20,22,24-26H2,1-2H3,(H,49,50)(H2,40,41,42)(H2,43,44,45)(H2,46,47,48);1H3;7*1H/t27-,30+,31?,32?,33+,34-,35?;;;;;;;;/m1......../s1. The third-order valence-corrected chi connectivity index (χ3v) is 10.8. The van der Waals surface area contributed by atoms with Gasteiger partial charge < -0.3 is 60.1 Å². The fourth-order valence-electron chi connectivity index (χ4n) is 5.60. The van der Waals surface area contributed by atoms with Crippen molar-refractivity contribution in [2.24, 2.45) is 0 Å². The molecule has 4 unspecified atom stereocenters. The van der Waals surface area contributed by atoms with E-state index >= 15 is 0 Å². The van der Waals surface area contributed by atoms with Crippen LogP contribution in [0.2, 0.25) is 0 Å². The summed E-state index contributed by atoms with van der Waals surface area (Å²) in [6, 6.07) is 0. The average molecular weight is 982 g/mol. The van der Waals surface area contributed by atoms with Gasteiger partial charge in [-0.2, -0.15) is 0 Å². The van der Waals surface area contributed by atoms with Crippen LogP contribution in [0.3, 0.4) is 0 Å². The lowest BCUT2D eigenvalue weighted by Gasteiger charge is -2.45. The molecule has 1 aliphatic rings. The highest BCUT2D eigenvalue weighted by atomic mass is 31.2. The Labute approximate surface area is 370 Å². The molecule has 62 heavy (non-hydrogen) atoms. The van der Waals surface area contributed by atoms with E-state index in [-0.39, 0.29) is 22.6 Å². The topological polar surface area (TPSA) is 384 Å². The second kappa shape index (κ2) is 30.6. The van der Waals surface area contributed by atoms with Crippen molar-refractivity contribution in [1.82, 2.24) is 6.15 Å². The van der Waals surface area contributed by atoms with Gasteiger partial charge in [-0.05, 0) is 48.9 Å². The molecule has 8 atom stereocenters. The summed E-state index contributed by atoms with van der Waals surface area (Å²) in [4.78, 5) is 91.6. The van der Waals surface area contributed by atoms with Crippen LogP contribution in [-0.4, -0.2) is 112 Å². The van der Waals surface area contributed by atoms with Crippen molar-refractivity contribution in [3.8, 4) is 47.4 Å². The van der Waals surface area contributed by atoms with Gasteiger partial charge in [0.05, 0.1) is 6.61 Å². The van der Waals surface area contributed by atoms with Crippen LogP contribution < -0.4 is 6.15 Å². The van der Waals surface area contributed by atoms with E-state index in [0.717, 1.165) is 32.1 Å². The maximum absolute atomic E-state index is 13.1. The molecule has 0 spiro atoms. The van der Waals surface area contributed by atoms with Crippen molar-refractivity contribution >= 4 is 43.2 Å². The molecule has 27 heteroatoms. The minimum Gasteiger partial charge on any atom is -0.456 e. The predicted molar refractivity (Wildman–Crippen MR) is 231 cm³/mol. The molecule has 0 radical (unpaired) electrons. The summed E-state index contributed by atoms with van der Waals surface area (Å²) < 4.78 is 80.9. The van der Waals surface area contributed by atoms with E-state index in [9.17, 15) is 72.3 Å². The van der Waals surface area contributed by atoms with E-state index in [1.165, 1.54) is 38.5 Å². The Balaban J connectivity index is -0.000000775. The minimum atomic E-state index is -5.80. The third kappa shape index (κ3) is 28.3. The summed E-state index contributed by atoms with van der Waals surface area (Å²) >= 11 is 0. The third-order valence-electron chi connectivity index (χ3n) is 8.23.